The number of rotatable bonds is 23. The Morgan fingerprint density at radius 1 is 0.808 bits per heavy atom. The fourth-order valence-corrected chi connectivity index (χ4v) is 6.81. The van der Waals surface area contributed by atoms with Gasteiger partial charge in [0.25, 0.3) is 0 Å². The van der Waals surface area contributed by atoms with Crippen LogP contribution in [0.1, 0.15) is 114 Å². The first-order valence-corrected chi connectivity index (χ1v) is 19.0. The van der Waals surface area contributed by atoms with Crippen LogP contribution in [-0.2, 0) is 31.9 Å². The molecule has 0 aromatic heterocycles. The number of hydrogen-bond donors (Lipinski definition) is 3. The van der Waals surface area contributed by atoms with Gasteiger partial charge < -0.3 is 29.5 Å². The number of ether oxygens (including phenoxy) is 3. The molecule has 3 rings (SSSR count). The summed E-state index contributed by atoms with van der Waals surface area (Å²) in [5.74, 6) is 0.423. The Balaban J connectivity index is 1.94. The Morgan fingerprint density at radius 3 is 1.85 bits per heavy atom. The SMILES string of the molecule is C=C(C)C(=O)OCCCc1cc(-c2ccc(C3CCC(CCCCC)CC3)cc2F)cc(CCCOC(=O)C(=C)C)c1OCCC(CO)(CO)CO. The van der Waals surface area contributed by atoms with Crippen LogP contribution >= 0.6 is 0 Å². The van der Waals surface area contributed by atoms with Crippen molar-refractivity contribution in [2.45, 2.75) is 110 Å². The van der Waals surface area contributed by atoms with E-state index in [0.29, 0.717) is 59.6 Å². The van der Waals surface area contributed by atoms with Crippen molar-refractivity contribution in [3.05, 3.63) is 77.1 Å². The Morgan fingerprint density at radius 2 is 1.37 bits per heavy atom. The van der Waals surface area contributed by atoms with Gasteiger partial charge in [-0.1, -0.05) is 57.9 Å². The molecule has 0 spiro atoms. The first-order chi connectivity index (χ1) is 25.0. The Bertz CT molecular complexity index is 1410. The van der Waals surface area contributed by atoms with Crippen LogP contribution in [-0.4, -0.2) is 66.9 Å². The summed E-state index contributed by atoms with van der Waals surface area (Å²) >= 11 is 0. The molecule has 2 aromatic rings. The molecule has 3 N–H and O–H groups in total. The predicted octanol–water partition coefficient (Wildman–Crippen LogP) is 8.18. The Kier molecular flexibility index (Phi) is 18.0. The lowest BCUT2D eigenvalue weighted by Gasteiger charge is -2.29. The van der Waals surface area contributed by atoms with Gasteiger partial charge in [-0.2, -0.15) is 0 Å². The lowest BCUT2D eigenvalue weighted by molar-refractivity contribution is -0.139. The van der Waals surface area contributed by atoms with E-state index in [2.05, 4.69) is 26.1 Å². The molecule has 2 aromatic carbocycles. The van der Waals surface area contributed by atoms with Gasteiger partial charge in [0.15, 0.2) is 0 Å². The predicted molar refractivity (Wildman–Crippen MR) is 203 cm³/mol. The summed E-state index contributed by atoms with van der Waals surface area (Å²) in [6.45, 7) is 11.8. The van der Waals surface area contributed by atoms with Gasteiger partial charge in [-0.15, -0.1) is 0 Å². The molecule has 1 aliphatic carbocycles. The summed E-state index contributed by atoms with van der Waals surface area (Å²) in [6.07, 6.45) is 11.6. The third-order valence-corrected chi connectivity index (χ3v) is 10.3. The van der Waals surface area contributed by atoms with Crippen LogP contribution < -0.4 is 4.74 Å². The second-order valence-corrected chi connectivity index (χ2v) is 14.7. The third-order valence-electron chi connectivity index (χ3n) is 10.3. The third kappa shape index (κ3) is 12.8. The van der Waals surface area contributed by atoms with Gasteiger partial charge in [-0.3, -0.25) is 0 Å². The van der Waals surface area contributed by atoms with E-state index in [1.807, 2.05) is 18.2 Å². The van der Waals surface area contributed by atoms with Gasteiger partial charge in [0.1, 0.15) is 11.6 Å². The zero-order chi connectivity index (χ0) is 38.1. The van der Waals surface area contributed by atoms with Crippen molar-refractivity contribution in [2.24, 2.45) is 11.3 Å². The van der Waals surface area contributed by atoms with E-state index in [1.165, 1.54) is 38.5 Å². The molecule has 1 saturated carbocycles. The maximum atomic E-state index is 16.1. The number of benzene rings is 2. The van der Waals surface area contributed by atoms with E-state index >= 15 is 4.39 Å². The van der Waals surface area contributed by atoms with E-state index < -0.39 is 37.2 Å². The highest BCUT2D eigenvalue weighted by molar-refractivity contribution is 5.87. The van der Waals surface area contributed by atoms with Gasteiger partial charge in [0.2, 0.25) is 0 Å². The first kappa shape index (κ1) is 42.9. The van der Waals surface area contributed by atoms with E-state index in [-0.39, 0.29) is 32.1 Å². The molecular formula is C43H61FO8. The molecule has 52 heavy (non-hydrogen) atoms. The minimum absolute atomic E-state index is 0.0836. The number of aliphatic hydroxyl groups excluding tert-OH is 3. The molecule has 8 nitrogen and oxygen atoms in total. The van der Waals surface area contributed by atoms with E-state index in [1.54, 1.807) is 19.9 Å². The van der Waals surface area contributed by atoms with Crippen molar-refractivity contribution in [1.82, 2.24) is 0 Å². The summed E-state index contributed by atoms with van der Waals surface area (Å²) in [5.41, 5.74) is 3.21. The largest absolute Gasteiger partial charge is 0.493 e. The highest BCUT2D eigenvalue weighted by Gasteiger charge is 2.29. The molecule has 0 bridgehead atoms. The van der Waals surface area contributed by atoms with Crippen molar-refractivity contribution < 1.29 is 43.5 Å². The standard InChI is InChI=1S/C43H61FO8/c1-6-7-8-11-32-14-16-33(17-15-32)34-18-19-38(39(44)26-34)37-24-35(12-9-21-51-41(48)30(2)3)40(50-23-20-43(27-45,28-46)29-47)36(25-37)13-10-22-52-42(49)31(4)5/h18-19,24-26,32-33,45-47H,2,4,6-17,20-23,27-29H2,1,3,5H3. The summed E-state index contributed by atoms with van der Waals surface area (Å²) in [6, 6.07) is 9.40. The number of carbonyl (C=O) groups is 2. The van der Waals surface area contributed by atoms with Crippen molar-refractivity contribution in [3.63, 3.8) is 0 Å². The molecule has 1 aliphatic rings. The molecule has 0 atom stereocenters. The number of hydrogen-bond acceptors (Lipinski definition) is 8. The maximum absolute atomic E-state index is 16.1. The summed E-state index contributed by atoms with van der Waals surface area (Å²) in [4.78, 5) is 24.1. The van der Waals surface area contributed by atoms with Crippen LogP contribution in [0.5, 0.6) is 5.75 Å². The lowest BCUT2D eigenvalue weighted by Crippen LogP contribution is -2.35. The van der Waals surface area contributed by atoms with Crippen LogP contribution in [0.3, 0.4) is 0 Å². The first-order valence-electron chi connectivity index (χ1n) is 19.0. The molecule has 0 aliphatic heterocycles. The van der Waals surface area contributed by atoms with Crippen LogP contribution in [0, 0.1) is 17.2 Å². The maximum Gasteiger partial charge on any atom is 0.333 e. The van der Waals surface area contributed by atoms with Crippen molar-refractivity contribution in [1.29, 1.82) is 0 Å². The fraction of sp³-hybridized carbons (Fsp3) is 0.581. The highest BCUT2D eigenvalue weighted by atomic mass is 19.1. The number of carbonyl (C=O) groups excluding carboxylic acids is 2. The quantitative estimate of drug-likeness (QED) is 0.0596. The zero-order valence-electron chi connectivity index (χ0n) is 31.7. The molecular weight excluding hydrogens is 663 g/mol. The average Bonchev–Trinajstić information content (AvgIpc) is 3.14. The molecule has 0 saturated heterocycles. The van der Waals surface area contributed by atoms with Gasteiger partial charge in [0.05, 0.1) is 39.6 Å². The fourth-order valence-electron chi connectivity index (χ4n) is 6.81. The molecule has 0 unspecified atom stereocenters. The highest BCUT2D eigenvalue weighted by Crippen LogP contribution is 2.40. The summed E-state index contributed by atoms with van der Waals surface area (Å²) in [7, 11) is 0. The second kappa shape index (κ2) is 21.9. The van der Waals surface area contributed by atoms with Gasteiger partial charge in [0, 0.05) is 22.1 Å². The van der Waals surface area contributed by atoms with Crippen LogP contribution in [0.4, 0.5) is 4.39 Å². The minimum Gasteiger partial charge on any atom is -0.493 e. The van der Waals surface area contributed by atoms with Crippen molar-refractivity contribution >= 4 is 11.9 Å². The number of aliphatic hydroxyl groups is 3. The average molecular weight is 725 g/mol. The molecule has 0 amide bonds. The number of aryl methyl sites for hydroxylation is 2. The number of esters is 2. The van der Waals surface area contributed by atoms with Crippen LogP contribution in [0.25, 0.3) is 11.1 Å². The number of halogens is 1. The van der Waals surface area contributed by atoms with Crippen molar-refractivity contribution in [2.75, 3.05) is 39.6 Å². The number of unbranched alkanes of at least 4 members (excludes halogenated alkanes) is 2. The molecule has 0 radical (unpaired) electrons. The van der Waals surface area contributed by atoms with Crippen molar-refractivity contribution in [3.8, 4) is 16.9 Å². The van der Waals surface area contributed by atoms with E-state index in [0.717, 1.165) is 35.4 Å². The van der Waals surface area contributed by atoms with Gasteiger partial charge in [-0.05, 0) is 124 Å². The smallest absolute Gasteiger partial charge is 0.333 e. The molecule has 1 fully saturated rings. The van der Waals surface area contributed by atoms with E-state index in [9.17, 15) is 24.9 Å². The molecule has 0 heterocycles. The monoisotopic (exact) mass is 724 g/mol. The topological polar surface area (TPSA) is 123 Å². The van der Waals surface area contributed by atoms with Gasteiger partial charge in [-0.25, -0.2) is 14.0 Å². The minimum atomic E-state index is -1.12. The summed E-state index contributed by atoms with van der Waals surface area (Å²) in [5, 5.41) is 29.6. The van der Waals surface area contributed by atoms with E-state index in [4.69, 9.17) is 14.2 Å². The molecule has 9 heteroatoms. The zero-order valence-corrected chi connectivity index (χ0v) is 31.7. The molecule has 288 valence electrons. The Labute approximate surface area is 310 Å². The Hall–Kier alpha value is -3.53. The van der Waals surface area contributed by atoms with Crippen LogP contribution in [0.2, 0.25) is 0 Å². The lowest BCUT2D eigenvalue weighted by atomic mass is 9.77. The van der Waals surface area contributed by atoms with Crippen LogP contribution in [0.15, 0.2) is 54.6 Å². The summed E-state index contributed by atoms with van der Waals surface area (Å²) < 4.78 is 33.1. The van der Waals surface area contributed by atoms with Gasteiger partial charge >= 0.3 is 11.9 Å². The normalized spacial score (nSPS) is 16.0. The second-order valence-electron chi connectivity index (χ2n) is 14.7.